The number of rotatable bonds is 5. The second kappa shape index (κ2) is 6.01. The lowest BCUT2D eigenvalue weighted by Crippen LogP contribution is -1.95. The van der Waals surface area contributed by atoms with Crippen LogP contribution >= 0.6 is 11.6 Å². The third-order valence-corrected chi connectivity index (χ3v) is 2.06. The predicted molar refractivity (Wildman–Crippen MR) is 55.9 cm³/mol. The van der Waals surface area contributed by atoms with Gasteiger partial charge in [0.1, 0.15) is 0 Å². The normalized spacial score (nSPS) is 10.3. The minimum atomic E-state index is 0.556. The molecule has 0 amide bonds. The van der Waals surface area contributed by atoms with Gasteiger partial charge in [0.2, 0.25) is 0 Å². The Morgan fingerprint density at radius 1 is 1.23 bits per heavy atom. The molecule has 1 rings (SSSR count). The molecule has 1 aromatic carbocycles. The van der Waals surface area contributed by atoms with Gasteiger partial charge in [0.25, 0.3) is 0 Å². The Hall–Kier alpha value is -0.530. The Balaban J connectivity index is 2.25. The third-order valence-electron chi connectivity index (χ3n) is 1.81. The Morgan fingerprint density at radius 3 is 2.54 bits per heavy atom. The fourth-order valence-electron chi connectivity index (χ4n) is 1.13. The molecule has 0 aliphatic heterocycles. The highest BCUT2D eigenvalue weighted by molar-refractivity contribution is 6.30. The van der Waals surface area contributed by atoms with E-state index in [-0.39, 0.29) is 0 Å². The zero-order valence-electron chi connectivity index (χ0n) is 7.63. The van der Waals surface area contributed by atoms with Crippen LogP contribution in [-0.2, 0) is 11.2 Å². The molecule has 0 bridgehead atoms. The number of halogens is 1. The highest BCUT2D eigenvalue weighted by Crippen LogP contribution is 2.10. The lowest BCUT2D eigenvalue weighted by molar-refractivity contribution is 0.158. The van der Waals surface area contributed by atoms with Crippen molar-refractivity contribution in [2.75, 3.05) is 13.2 Å². The molecule has 0 atom stereocenters. The number of hydrogen-bond donors (Lipinski definition) is 0. The summed E-state index contributed by atoms with van der Waals surface area (Å²) in [6.45, 7) is 4.94. The minimum absolute atomic E-state index is 0.556. The quantitative estimate of drug-likeness (QED) is 0.660. The summed E-state index contributed by atoms with van der Waals surface area (Å²) in [5.41, 5.74) is 1.30. The van der Waals surface area contributed by atoms with E-state index in [2.05, 4.69) is 6.92 Å². The average molecular weight is 198 g/mol. The highest BCUT2D eigenvalue weighted by atomic mass is 35.5. The maximum Gasteiger partial charge on any atom is 0.0469 e. The van der Waals surface area contributed by atoms with E-state index in [1.54, 1.807) is 0 Å². The molecule has 0 saturated heterocycles. The topological polar surface area (TPSA) is 9.23 Å². The van der Waals surface area contributed by atoms with E-state index in [1.807, 2.05) is 24.3 Å². The van der Waals surface area contributed by atoms with Crippen molar-refractivity contribution in [3.63, 3.8) is 0 Å². The van der Waals surface area contributed by atoms with Gasteiger partial charge in [0, 0.05) is 18.2 Å². The third kappa shape index (κ3) is 4.30. The van der Waals surface area contributed by atoms with E-state index in [9.17, 15) is 0 Å². The van der Waals surface area contributed by atoms with Gasteiger partial charge in [0.15, 0.2) is 0 Å². The molecular weight excluding hydrogens is 184 g/mol. The largest absolute Gasteiger partial charge is 0.381 e. The van der Waals surface area contributed by atoms with E-state index in [0.29, 0.717) is 6.61 Å². The molecule has 0 unspecified atom stereocenters. The number of aryl methyl sites for hydroxylation is 1. The van der Waals surface area contributed by atoms with Gasteiger partial charge in [-0.2, -0.15) is 0 Å². The molecule has 0 heterocycles. The fraction of sp³-hybridized carbons (Fsp3) is 0.364. The molecule has 0 aromatic heterocycles. The first-order valence-electron chi connectivity index (χ1n) is 4.44. The lowest BCUT2D eigenvalue weighted by atomic mass is 10.1. The molecule has 13 heavy (non-hydrogen) atoms. The summed E-state index contributed by atoms with van der Waals surface area (Å²) in [5.74, 6) is 0. The Labute approximate surface area is 84.7 Å². The number of benzene rings is 1. The molecule has 1 radical (unpaired) electrons. The summed E-state index contributed by atoms with van der Waals surface area (Å²) in [6.07, 6.45) is 2.08. The first kappa shape index (κ1) is 10.6. The van der Waals surface area contributed by atoms with Crippen LogP contribution in [0.2, 0.25) is 5.02 Å². The van der Waals surface area contributed by atoms with Crippen molar-refractivity contribution < 1.29 is 4.74 Å². The van der Waals surface area contributed by atoms with E-state index >= 15 is 0 Å². The van der Waals surface area contributed by atoms with Gasteiger partial charge in [0.05, 0.1) is 0 Å². The Kier molecular flexibility index (Phi) is 4.87. The van der Waals surface area contributed by atoms with Crippen LogP contribution in [0.1, 0.15) is 12.0 Å². The molecule has 2 heteroatoms. The van der Waals surface area contributed by atoms with Crippen LogP contribution in [0.25, 0.3) is 0 Å². The summed E-state index contributed by atoms with van der Waals surface area (Å²) < 4.78 is 5.14. The summed E-state index contributed by atoms with van der Waals surface area (Å²) in [6, 6.07) is 7.93. The first-order valence-corrected chi connectivity index (χ1v) is 4.82. The van der Waals surface area contributed by atoms with Gasteiger partial charge >= 0.3 is 0 Å². The molecule has 71 valence electrons. The monoisotopic (exact) mass is 197 g/mol. The smallest absolute Gasteiger partial charge is 0.0469 e. The van der Waals surface area contributed by atoms with Gasteiger partial charge in [-0.25, -0.2) is 0 Å². The zero-order chi connectivity index (χ0) is 9.52. The van der Waals surface area contributed by atoms with Gasteiger partial charge in [-0.1, -0.05) is 23.7 Å². The number of ether oxygens (including phenoxy) is 1. The Morgan fingerprint density at radius 2 is 1.92 bits per heavy atom. The molecule has 0 N–H and O–H groups in total. The van der Waals surface area contributed by atoms with E-state index < -0.39 is 0 Å². The maximum atomic E-state index is 5.76. The molecule has 0 aliphatic carbocycles. The second-order valence-corrected chi connectivity index (χ2v) is 3.28. The van der Waals surface area contributed by atoms with Gasteiger partial charge in [-0.15, -0.1) is 0 Å². The SMILES string of the molecule is [CH2]COCCCc1ccc(Cl)cc1. The summed E-state index contributed by atoms with van der Waals surface area (Å²) in [5, 5.41) is 0.790. The lowest BCUT2D eigenvalue weighted by Gasteiger charge is -2.01. The Bertz CT molecular complexity index is 230. The van der Waals surface area contributed by atoms with Gasteiger partial charge in [-0.3, -0.25) is 0 Å². The van der Waals surface area contributed by atoms with E-state index in [1.165, 1.54) is 5.56 Å². The van der Waals surface area contributed by atoms with Crippen LogP contribution in [0.15, 0.2) is 24.3 Å². The average Bonchev–Trinajstić information content (AvgIpc) is 2.15. The van der Waals surface area contributed by atoms with Crippen molar-refractivity contribution in [1.82, 2.24) is 0 Å². The standard InChI is InChI=1S/C11H14ClO/c1-2-13-9-3-4-10-5-7-11(12)8-6-10/h5-8H,1-4,9H2. The molecule has 1 nitrogen and oxygen atoms in total. The van der Waals surface area contributed by atoms with Crippen molar-refractivity contribution in [3.05, 3.63) is 41.8 Å². The second-order valence-electron chi connectivity index (χ2n) is 2.84. The maximum absolute atomic E-state index is 5.76. The molecular formula is C11H14ClO. The van der Waals surface area contributed by atoms with Crippen molar-refractivity contribution in [2.24, 2.45) is 0 Å². The predicted octanol–water partition coefficient (Wildman–Crippen LogP) is 3.12. The van der Waals surface area contributed by atoms with Crippen LogP contribution < -0.4 is 0 Å². The molecule has 0 aliphatic rings. The van der Waals surface area contributed by atoms with E-state index in [4.69, 9.17) is 16.3 Å². The highest BCUT2D eigenvalue weighted by Gasteiger charge is 1.93. The fourth-order valence-corrected chi connectivity index (χ4v) is 1.26. The van der Waals surface area contributed by atoms with Crippen LogP contribution in [0, 0.1) is 6.92 Å². The van der Waals surface area contributed by atoms with Gasteiger partial charge < -0.3 is 4.74 Å². The van der Waals surface area contributed by atoms with Crippen LogP contribution in [0.3, 0.4) is 0 Å². The van der Waals surface area contributed by atoms with Crippen molar-refractivity contribution in [1.29, 1.82) is 0 Å². The zero-order valence-corrected chi connectivity index (χ0v) is 8.39. The molecule has 0 fully saturated rings. The number of hydrogen-bond acceptors (Lipinski definition) is 1. The summed E-state index contributed by atoms with van der Waals surface area (Å²) >= 11 is 5.76. The van der Waals surface area contributed by atoms with Crippen molar-refractivity contribution >= 4 is 11.6 Å². The van der Waals surface area contributed by atoms with E-state index in [0.717, 1.165) is 24.5 Å². The van der Waals surface area contributed by atoms with Gasteiger partial charge in [-0.05, 0) is 37.5 Å². The summed E-state index contributed by atoms with van der Waals surface area (Å²) in [4.78, 5) is 0. The van der Waals surface area contributed by atoms with Crippen molar-refractivity contribution in [3.8, 4) is 0 Å². The first-order chi connectivity index (χ1) is 6.33. The molecule has 0 saturated carbocycles. The minimum Gasteiger partial charge on any atom is -0.381 e. The molecule has 1 aromatic rings. The molecule has 0 spiro atoms. The summed E-state index contributed by atoms with van der Waals surface area (Å²) in [7, 11) is 0. The van der Waals surface area contributed by atoms with Crippen LogP contribution in [0.4, 0.5) is 0 Å². The van der Waals surface area contributed by atoms with Crippen molar-refractivity contribution in [2.45, 2.75) is 12.8 Å². The van der Waals surface area contributed by atoms with Crippen LogP contribution in [0.5, 0.6) is 0 Å². The van der Waals surface area contributed by atoms with Crippen LogP contribution in [-0.4, -0.2) is 13.2 Å².